The number of carboxylic acids is 1. The molecule has 266 valence electrons. The van der Waals surface area contributed by atoms with Gasteiger partial charge in [0.15, 0.2) is 17.4 Å². The molecule has 0 atom stereocenters. The van der Waals surface area contributed by atoms with E-state index in [9.17, 15) is 19.2 Å². The van der Waals surface area contributed by atoms with Crippen molar-refractivity contribution in [2.24, 2.45) is 0 Å². The minimum atomic E-state index is -0.988. The van der Waals surface area contributed by atoms with Crippen LogP contribution in [0.2, 0.25) is 0 Å². The maximum absolute atomic E-state index is 12.5. The van der Waals surface area contributed by atoms with E-state index in [4.69, 9.17) is 24.7 Å². The summed E-state index contributed by atoms with van der Waals surface area (Å²) in [7, 11) is 3.28. The summed E-state index contributed by atoms with van der Waals surface area (Å²) in [5.41, 5.74) is 9.63. The molecule has 0 aliphatic carbocycles. The van der Waals surface area contributed by atoms with E-state index in [1.807, 2.05) is 18.2 Å². The molecule has 2 heterocycles. The quantitative estimate of drug-likeness (QED) is 0.162. The van der Waals surface area contributed by atoms with Crippen molar-refractivity contribution in [1.29, 1.82) is 0 Å². The van der Waals surface area contributed by atoms with Gasteiger partial charge in [-0.3, -0.25) is 14.5 Å². The van der Waals surface area contributed by atoms with Gasteiger partial charge in [-0.05, 0) is 66.1 Å². The molecular weight excluding hydrogens is 654 g/mol. The number of aromatic carboxylic acids is 1. The van der Waals surface area contributed by atoms with Crippen molar-refractivity contribution in [3.63, 3.8) is 0 Å². The normalized spacial score (nSPS) is 11.8. The van der Waals surface area contributed by atoms with Crippen LogP contribution in [-0.2, 0) is 17.8 Å². The third kappa shape index (κ3) is 10.4. The molecule has 1 aliphatic heterocycles. The minimum absolute atomic E-state index is 0.155. The minimum Gasteiger partial charge on any atom is -0.493 e. The van der Waals surface area contributed by atoms with Crippen molar-refractivity contribution in [2.75, 3.05) is 44.9 Å². The molecule has 1 aliphatic rings. The first kappa shape index (κ1) is 37.6. The molecule has 0 bridgehead atoms. The number of carbonyl (C=O) groups excluding carboxylic acids is 2. The number of amides is 2. The zero-order valence-corrected chi connectivity index (χ0v) is 28.9. The number of fused-ring (bicyclic) bond motifs is 2. The fourth-order valence-electron chi connectivity index (χ4n) is 5.35. The summed E-state index contributed by atoms with van der Waals surface area (Å²) in [6.07, 6.45) is 0.926. The molecule has 13 nitrogen and oxygen atoms in total. The van der Waals surface area contributed by atoms with Gasteiger partial charge < -0.3 is 35.4 Å². The fourth-order valence-corrected chi connectivity index (χ4v) is 5.35. The van der Waals surface area contributed by atoms with Crippen LogP contribution in [0.5, 0.6) is 11.5 Å². The largest absolute Gasteiger partial charge is 0.493 e. The Hall–Kier alpha value is -6.21. The molecule has 0 unspecified atom stereocenters. The Kier molecular flexibility index (Phi) is 13.3. The van der Waals surface area contributed by atoms with E-state index in [0.717, 1.165) is 37.6 Å². The lowest BCUT2D eigenvalue weighted by Gasteiger charge is -2.29. The second-order valence-electron chi connectivity index (χ2n) is 11.4. The van der Waals surface area contributed by atoms with Gasteiger partial charge in [0.2, 0.25) is 5.91 Å². The molecule has 0 saturated heterocycles. The van der Waals surface area contributed by atoms with Crippen molar-refractivity contribution < 1.29 is 33.4 Å². The number of nitrogens with zero attached hydrogens (tertiary/aromatic N) is 2. The number of hydrogen-bond donors (Lipinski definition) is 4. The van der Waals surface area contributed by atoms with Crippen molar-refractivity contribution in [3.05, 3.63) is 123 Å². The second kappa shape index (κ2) is 18.0. The van der Waals surface area contributed by atoms with E-state index in [0.29, 0.717) is 40.3 Å². The molecule has 51 heavy (non-hydrogen) atoms. The predicted octanol–water partition coefficient (Wildman–Crippen LogP) is 4.91. The number of benzene rings is 4. The van der Waals surface area contributed by atoms with Gasteiger partial charge in [-0.2, -0.15) is 0 Å². The van der Waals surface area contributed by atoms with E-state index in [1.54, 1.807) is 81.8 Å². The summed E-state index contributed by atoms with van der Waals surface area (Å²) < 4.78 is 15.6. The number of anilines is 2. The van der Waals surface area contributed by atoms with Gasteiger partial charge in [-0.15, -0.1) is 0 Å². The van der Waals surface area contributed by atoms with Gasteiger partial charge in [0, 0.05) is 45.7 Å². The van der Waals surface area contributed by atoms with Gasteiger partial charge in [0.05, 0.1) is 41.9 Å². The number of carboxylic acid groups (broad SMARTS) is 1. The van der Waals surface area contributed by atoms with Crippen LogP contribution in [0, 0.1) is 6.92 Å². The monoisotopic (exact) mass is 695 g/mol. The number of ether oxygens (including phenoxy) is 2. The van der Waals surface area contributed by atoms with Gasteiger partial charge in [0.1, 0.15) is 0 Å². The van der Waals surface area contributed by atoms with Gasteiger partial charge in [-0.1, -0.05) is 36.4 Å². The summed E-state index contributed by atoms with van der Waals surface area (Å²) in [5, 5.41) is 14.7. The Balaban J connectivity index is 0.000000215. The molecule has 5 aromatic rings. The highest BCUT2D eigenvalue weighted by Crippen LogP contribution is 2.33. The van der Waals surface area contributed by atoms with Crippen LogP contribution in [0.15, 0.2) is 94.1 Å². The summed E-state index contributed by atoms with van der Waals surface area (Å²) in [6.45, 7) is 6.06. The fraction of sp³-hybridized carbons (Fsp3) is 0.237. The average Bonchev–Trinajstić information content (AvgIpc) is 3.11. The number of aryl methyl sites for hydroxylation is 1. The number of nitrogens with two attached hydrogens (primary N) is 1. The highest BCUT2D eigenvalue weighted by atomic mass is 16.5. The molecule has 5 N–H and O–H groups in total. The number of methoxy groups -OCH3 is 2. The third-order valence-electron chi connectivity index (χ3n) is 7.83. The lowest BCUT2D eigenvalue weighted by molar-refractivity contribution is -0.114. The summed E-state index contributed by atoms with van der Waals surface area (Å²) in [6, 6.07) is 24.6. The average molecular weight is 696 g/mol. The summed E-state index contributed by atoms with van der Waals surface area (Å²) in [4.78, 5) is 51.8. The molecule has 6 rings (SSSR count). The number of aromatic nitrogens is 1. The van der Waals surface area contributed by atoms with Crippen molar-refractivity contribution in [3.8, 4) is 11.5 Å². The molecule has 1 aromatic heterocycles. The Bertz CT molecular complexity index is 2060. The van der Waals surface area contributed by atoms with E-state index in [2.05, 4.69) is 20.5 Å². The predicted molar refractivity (Wildman–Crippen MR) is 194 cm³/mol. The molecule has 13 heteroatoms. The van der Waals surface area contributed by atoms with Crippen LogP contribution in [0.25, 0.3) is 10.9 Å². The first-order chi connectivity index (χ1) is 24.5. The second-order valence-corrected chi connectivity index (χ2v) is 11.4. The smallest absolute Gasteiger partial charge is 0.346 e. The molecule has 2 amide bonds. The number of hydrogen-bond acceptors (Lipinski definition) is 10. The molecule has 0 spiro atoms. The molecular formula is C38H41N5O8. The van der Waals surface area contributed by atoms with Gasteiger partial charge in [0.25, 0.3) is 5.91 Å². The molecule has 4 aromatic carbocycles. The van der Waals surface area contributed by atoms with Crippen molar-refractivity contribution in [1.82, 2.24) is 15.2 Å². The van der Waals surface area contributed by atoms with Gasteiger partial charge >= 0.3 is 11.6 Å². The van der Waals surface area contributed by atoms with Gasteiger partial charge in [-0.25, -0.2) is 14.6 Å². The number of rotatable bonds is 8. The van der Waals surface area contributed by atoms with Crippen LogP contribution in [-0.4, -0.2) is 66.6 Å². The number of para-hydroxylation sites is 3. The highest BCUT2D eigenvalue weighted by Gasteiger charge is 2.20. The zero-order valence-electron chi connectivity index (χ0n) is 28.9. The first-order valence-corrected chi connectivity index (χ1v) is 16.1. The van der Waals surface area contributed by atoms with Crippen LogP contribution >= 0.6 is 0 Å². The number of nitrogen functional groups attached to an aromatic ring is 1. The van der Waals surface area contributed by atoms with E-state index in [1.165, 1.54) is 24.1 Å². The molecule has 0 saturated carbocycles. The van der Waals surface area contributed by atoms with Crippen molar-refractivity contribution >= 4 is 40.1 Å². The Morgan fingerprint density at radius 2 is 1.55 bits per heavy atom. The number of nitrogens with one attached hydrogen (secondary N) is 2. The first-order valence-electron chi connectivity index (χ1n) is 16.1. The van der Waals surface area contributed by atoms with Crippen LogP contribution in [0.1, 0.15) is 44.7 Å². The third-order valence-corrected chi connectivity index (χ3v) is 7.83. The van der Waals surface area contributed by atoms with Crippen LogP contribution in [0.4, 0.5) is 11.4 Å². The Morgan fingerprint density at radius 1 is 0.922 bits per heavy atom. The summed E-state index contributed by atoms with van der Waals surface area (Å²) in [5.74, 6) is 0.500. The highest BCUT2D eigenvalue weighted by molar-refractivity contribution is 6.03. The molecule has 0 fully saturated rings. The SMILES string of the molecule is COc1cc2c(cc1OC)CN(CCNC(=O)c1ccccc1NC(C)=O)CC2.Cc1nc2ccccc2c(=O)o1.Nc1ccccc1C(=O)O. The van der Waals surface area contributed by atoms with Crippen LogP contribution in [0.3, 0.4) is 0 Å². The molecule has 0 radical (unpaired) electrons. The maximum atomic E-state index is 12.5. The van der Waals surface area contributed by atoms with E-state index >= 15 is 0 Å². The lowest BCUT2D eigenvalue weighted by atomic mass is 9.99. The Labute approximate surface area is 295 Å². The zero-order chi connectivity index (χ0) is 36.9. The van der Waals surface area contributed by atoms with E-state index < -0.39 is 5.97 Å². The number of carbonyl (C=O) groups is 3. The lowest BCUT2D eigenvalue weighted by Crippen LogP contribution is -2.38. The Morgan fingerprint density at radius 3 is 2.20 bits per heavy atom. The van der Waals surface area contributed by atoms with Crippen molar-refractivity contribution in [2.45, 2.75) is 26.8 Å². The maximum Gasteiger partial charge on any atom is 0.346 e. The summed E-state index contributed by atoms with van der Waals surface area (Å²) >= 11 is 0. The van der Waals surface area contributed by atoms with Crippen LogP contribution < -0.4 is 31.5 Å². The standard InChI is InChI=1S/C22H27N3O4.C9H7NO2.C7H7NO2/c1-15(26)24-19-7-5-4-6-18(19)22(27)23-9-11-25-10-8-16-12-20(28-2)21(29-3)13-17(16)14-25;1-6-10-8-5-3-2-4-7(8)9(11)12-6;8-6-4-2-1-3-5(6)7(9)10/h4-7,12-13H,8-11,14H2,1-3H3,(H,23,27)(H,24,26);2-5H,1H3;1-4H,8H2,(H,9,10). The topological polar surface area (TPSA) is 186 Å². The van der Waals surface area contributed by atoms with E-state index in [-0.39, 0.29) is 23.0 Å².